The third-order valence-electron chi connectivity index (χ3n) is 2.76. The van der Waals surface area contributed by atoms with Gasteiger partial charge in [-0.25, -0.2) is 0 Å². The summed E-state index contributed by atoms with van der Waals surface area (Å²) in [6, 6.07) is 0.520. The predicted octanol–water partition coefficient (Wildman–Crippen LogP) is 1.13. The topological polar surface area (TPSA) is 36.9 Å². The zero-order valence-electron chi connectivity index (χ0n) is 9.72. The van der Waals surface area contributed by atoms with Gasteiger partial charge < -0.3 is 15.1 Å². The molecule has 1 unspecified atom stereocenters. The molecule has 88 valence electrons. The van der Waals surface area contributed by atoms with E-state index in [1.807, 2.05) is 12.2 Å². The van der Waals surface area contributed by atoms with Crippen LogP contribution < -0.4 is 5.32 Å². The highest BCUT2D eigenvalue weighted by atomic mass is 16.6. The highest BCUT2D eigenvalue weighted by molar-refractivity contribution is 5.83. The zero-order valence-corrected chi connectivity index (χ0v) is 9.72. The molecular weight excluding hydrogens is 202 g/mol. The molecule has 4 nitrogen and oxygen atoms in total. The number of piperazine rings is 1. The van der Waals surface area contributed by atoms with Gasteiger partial charge in [0, 0.05) is 32.1 Å². The number of nitrogens with zero attached hydrogens (tertiary/aromatic N) is 2. The number of oxime groups is 1. The maximum absolute atomic E-state index is 5.25. The fourth-order valence-electron chi connectivity index (χ4n) is 1.93. The summed E-state index contributed by atoms with van der Waals surface area (Å²) in [4.78, 5) is 7.56. The van der Waals surface area contributed by atoms with Crippen LogP contribution >= 0.6 is 0 Å². The highest BCUT2D eigenvalue weighted by Gasteiger charge is 2.18. The van der Waals surface area contributed by atoms with Crippen molar-refractivity contribution >= 4 is 5.84 Å². The van der Waals surface area contributed by atoms with Crippen LogP contribution in [0.1, 0.15) is 13.3 Å². The van der Waals surface area contributed by atoms with Crippen LogP contribution in [0.25, 0.3) is 0 Å². The quantitative estimate of drug-likeness (QED) is 0.666. The van der Waals surface area contributed by atoms with Gasteiger partial charge in [-0.15, -0.1) is 0 Å². The van der Waals surface area contributed by atoms with E-state index in [0.717, 1.165) is 31.9 Å². The van der Waals surface area contributed by atoms with Crippen LogP contribution in [0.4, 0.5) is 0 Å². The summed E-state index contributed by atoms with van der Waals surface area (Å²) >= 11 is 0. The van der Waals surface area contributed by atoms with Crippen molar-refractivity contribution in [2.24, 2.45) is 5.16 Å². The first-order chi connectivity index (χ1) is 7.86. The van der Waals surface area contributed by atoms with E-state index in [-0.39, 0.29) is 0 Å². The lowest BCUT2D eigenvalue weighted by Gasteiger charge is -2.33. The number of hydrogen-bond acceptors (Lipinski definition) is 4. The summed E-state index contributed by atoms with van der Waals surface area (Å²) in [6.45, 7) is 5.77. The van der Waals surface area contributed by atoms with Gasteiger partial charge in [-0.3, -0.25) is 0 Å². The maximum atomic E-state index is 5.25. The van der Waals surface area contributed by atoms with Crippen molar-refractivity contribution in [1.82, 2.24) is 10.2 Å². The Kier molecular flexibility index (Phi) is 3.99. The molecule has 2 aliphatic rings. The van der Waals surface area contributed by atoms with E-state index in [9.17, 15) is 0 Å². The van der Waals surface area contributed by atoms with E-state index in [4.69, 9.17) is 4.84 Å². The average Bonchev–Trinajstić information content (AvgIpc) is 2.42. The number of hydrogen-bond donors (Lipinski definition) is 1. The van der Waals surface area contributed by atoms with Crippen molar-refractivity contribution in [2.75, 3.05) is 26.2 Å². The highest BCUT2D eigenvalue weighted by Crippen LogP contribution is 2.05. The van der Waals surface area contributed by atoms with Crippen LogP contribution in [0.15, 0.2) is 29.5 Å². The van der Waals surface area contributed by atoms with Gasteiger partial charge in [0.25, 0.3) is 0 Å². The van der Waals surface area contributed by atoms with Crippen molar-refractivity contribution in [1.29, 1.82) is 0 Å². The minimum absolute atomic E-state index is 0.520. The van der Waals surface area contributed by atoms with E-state index >= 15 is 0 Å². The van der Waals surface area contributed by atoms with Crippen LogP contribution in [-0.2, 0) is 4.84 Å². The largest absolute Gasteiger partial charge is 0.390 e. The second kappa shape index (κ2) is 5.70. The molecule has 0 aromatic rings. The molecule has 0 radical (unpaired) electrons. The van der Waals surface area contributed by atoms with E-state index in [1.54, 1.807) is 0 Å². The van der Waals surface area contributed by atoms with Crippen molar-refractivity contribution in [3.05, 3.63) is 24.3 Å². The monoisotopic (exact) mass is 221 g/mol. The van der Waals surface area contributed by atoms with Gasteiger partial charge in [-0.05, 0) is 13.0 Å². The first-order valence-corrected chi connectivity index (χ1v) is 5.85. The van der Waals surface area contributed by atoms with E-state index in [0.29, 0.717) is 12.6 Å². The molecule has 1 fully saturated rings. The smallest absolute Gasteiger partial charge is 0.148 e. The van der Waals surface area contributed by atoms with Crippen LogP contribution in [0.2, 0.25) is 0 Å². The molecule has 0 bridgehead atoms. The first kappa shape index (κ1) is 11.2. The van der Waals surface area contributed by atoms with Gasteiger partial charge in [0.2, 0.25) is 0 Å². The Morgan fingerprint density at radius 1 is 1.44 bits per heavy atom. The minimum atomic E-state index is 0.520. The lowest BCUT2D eigenvalue weighted by Crippen LogP contribution is -2.51. The normalized spacial score (nSPS) is 33.7. The summed E-state index contributed by atoms with van der Waals surface area (Å²) in [5.41, 5.74) is 0. The standard InChI is InChI=1S/C12H19N3O/c1-11-10-15(8-7-13-11)12-6-4-2-3-5-9-16-14-12/h2-5,11,13H,6-10H2,1H3/b4-2-,5-3-,14-12+. The van der Waals surface area contributed by atoms with Crippen LogP contribution in [-0.4, -0.2) is 43.0 Å². The van der Waals surface area contributed by atoms with Crippen LogP contribution in [0.5, 0.6) is 0 Å². The lowest BCUT2D eigenvalue weighted by molar-refractivity contribution is 0.165. The molecule has 1 atom stereocenters. The summed E-state index contributed by atoms with van der Waals surface area (Å²) < 4.78 is 0. The predicted molar refractivity (Wildman–Crippen MR) is 65.3 cm³/mol. The zero-order chi connectivity index (χ0) is 11.2. The minimum Gasteiger partial charge on any atom is -0.390 e. The molecule has 0 amide bonds. The molecule has 0 spiro atoms. The van der Waals surface area contributed by atoms with Gasteiger partial charge >= 0.3 is 0 Å². The van der Waals surface area contributed by atoms with Crippen LogP contribution in [0.3, 0.4) is 0 Å². The van der Waals surface area contributed by atoms with Gasteiger partial charge in [0.1, 0.15) is 12.4 Å². The van der Waals surface area contributed by atoms with Gasteiger partial charge in [-0.2, -0.15) is 0 Å². The Morgan fingerprint density at radius 2 is 2.31 bits per heavy atom. The number of allylic oxidation sites excluding steroid dienone is 2. The molecule has 0 aromatic heterocycles. The summed E-state index contributed by atoms with van der Waals surface area (Å²) in [5, 5.41) is 7.64. The van der Waals surface area contributed by atoms with Crippen molar-refractivity contribution in [3.8, 4) is 0 Å². The SMILES string of the molecule is CC1CN(/C2=N/OC/C=C\C=C/C2)CCN1. The third kappa shape index (κ3) is 3.10. The fraction of sp³-hybridized carbons (Fsp3) is 0.583. The fourth-order valence-corrected chi connectivity index (χ4v) is 1.93. The van der Waals surface area contributed by atoms with Crippen molar-refractivity contribution in [3.63, 3.8) is 0 Å². The molecule has 16 heavy (non-hydrogen) atoms. The Hall–Kier alpha value is -1.29. The van der Waals surface area contributed by atoms with Gasteiger partial charge in [-0.1, -0.05) is 23.4 Å². The van der Waals surface area contributed by atoms with E-state index < -0.39 is 0 Å². The Morgan fingerprint density at radius 3 is 3.19 bits per heavy atom. The van der Waals surface area contributed by atoms with Gasteiger partial charge in [0.15, 0.2) is 0 Å². The lowest BCUT2D eigenvalue weighted by atomic mass is 10.2. The second-order valence-corrected chi connectivity index (χ2v) is 4.16. The number of rotatable bonds is 0. The second-order valence-electron chi connectivity index (χ2n) is 4.16. The molecule has 0 aliphatic carbocycles. The van der Waals surface area contributed by atoms with Crippen molar-refractivity contribution in [2.45, 2.75) is 19.4 Å². The maximum Gasteiger partial charge on any atom is 0.148 e. The van der Waals surface area contributed by atoms with Crippen molar-refractivity contribution < 1.29 is 4.84 Å². The summed E-state index contributed by atoms with van der Waals surface area (Å²) in [5.74, 6) is 1.04. The molecule has 0 aromatic carbocycles. The molecule has 1 N–H and O–H groups in total. The molecule has 1 saturated heterocycles. The number of nitrogens with one attached hydrogen (secondary N) is 1. The Labute approximate surface area is 96.6 Å². The average molecular weight is 221 g/mol. The summed E-state index contributed by atoms with van der Waals surface area (Å²) in [7, 11) is 0. The Bertz CT molecular complexity index is 309. The molecule has 0 saturated carbocycles. The molecule has 2 aliphatic heterocycles. The van der Waals surface area contributed by atoms with Crippen LogP contribution in [0, 0.1) is 0 Å². The molecule has 2 heterocycles. The van der Waals surface area contributed by atoms with E-state index in [2.05, 4.69) is 34.4 Å². The molecule has 2 rings (SSSR count). The summed E-state index contributed by atoms with van der Waals surface area (Å²) in [6.07, 6.45) is 8.98. The molecular formula is C12H19N3O. The third-order valence-corrected chi connectivity index (χ3v) is 2.76. The number of amidine groups is 1. The Balaban J connectivity index is 2.00. The molecule has 4 heteroatoms. The van der Waals surface area contributed by atoms with E-state index in [1.165, 1.54) is 0 Å². The van der Waals surface area contributed by atoms with Gasteiger partial charge in [0.05, 0.1) is 0 Å². The first-order valence-electron chi connectivity index (χ1n) is 5.85.